The highest BCUT2D eigenvalue weighted by Crippen LogP contribution is 2.44. The molecule has 0 unspecified atom stereocenters. The van der Waals surface area contributed by atoms with Gasteiger partial charge in [-0.05, 0) is 75.8 Å². The number of nitrogens with one attached hydrogen (secondary N) is 2. The van der Waals surface area contributed by atoms with E-state index in [0.29, 0.717) is 17.4 Å². The van der Waals surface area contributed by atoms with Gasteiger partial charge in [0.1, 0.15) is 5.54 Å². The van der Waals surface area contributed by atoms with Crippen LogP contribution < -0.4 is 25.2 Å². The molecule has 4 rings (SSSR count). The maximum atomic E-state index is 16.0. The molecule has 2 N–H and O–H groups in total. The third kappa shape index (κ3) is 8.33. The van der Waals surface area contributed by atoms with E-state index in [0.717, 1.165) is 81.2 Å². The highest BCUT2D eigenvalue weighted by atomic mass is 32.1. The summed E-state index contributed by atoms with van der Waals surface area (Å²) in [5.41, 5.74) is -5.94. The molecule has 0 saturated carbocycles. The van der Waals surface area contributed by atoms with Crippen LogP contribution >= 0.6 is 12.2 Å². The first-order chi connectivity index (χ1) is 23.4. The SMILES string of the molecule is CC1(C)C(=O)N(c2ccc(C#N)c(C(F)(F)F)c2)C(=S)N1c1ccc(C(=O)NCCCCCCN2CCNCC2)c(F)c1OC(=O)C(F)(F)F. The maximum Gasteiger partial charge on any atom is 0.491 e. The van der Waals surface area contributed by atoms with E-state index in [1.54, 1.807) is 0 Å². The third-order valence-corrected chi connectivity index (χ3v) is 8.60. The van der Waals surface area contributed by atoms with Crippen LogP contribution in [0.2, 0.25) is 0 Å². The van der Waals surface area contributed by atoms with E-state index in [1.165, 1.54) is 19.9 Å². The molecular weight excluding hydrogens is 697 g/mol. The number of unbranched alkanes of at least 4 members (excludes halogenated alkanes) is 3. The molecule has 18 heteroatoms. The summed E-state index contributed by atoms with van der Waals surface area (Å²) in [6.07, 6.45) is -7.51. The number of nitriles is 1. The lowest BCUT2D eigenvalue weighted by Gasteiger charge is -2.31. The standard InChI is InChI=1S/C32H33F7N6O4S/c1-30(2)27(47)44(20-8-7-19(18-40)22(17-20)31(34,35)36)29(50)45(30)23-10-9-21(24(33)25(23)49-28(48)32(37,38)39)26(46)42-11-5-3-4-6-14-43-15-12-41-13-16-43/h7-10,17,41H,3-6,11-16H2,1-2H3,(H,42,46). The van der Waals surface area contributed by atoms with Crippen LogP contribution in [-0.4, -0.2) is 78.8 Å². The summed E-state index contributed by atoms with van der Waals surface area (Å²) in [5, 5.41) is 14.3. The van der Waals surface area contributed by atoms with Crippen molar-refractivity contribution < 1.29 is 49.9 Å². The number of carbonyl (C=O) groups is 3. The van der Waals surface area contributed by atoms with Gasteiger partial charge in [0, 0.05) is 32.7 Å². The van der Waals surface area contributed by atoms with Crippen LogP contribution in [0.5, 0.6) is 5.75 Å². The number of alkyl halides is 6. The van der Waals surface area contributed by atoms with Crippen molar-refractivity contribution >= 4 is 46.5 Å². The van der Waals surface area contributed by atoms with E-state index in [2.05, 4.69) is 20.3 Å². The van der Waals surface area contributed by atoms with Gasteiger partial charge in [0.15, 0.2) is 16.7 Å². The van der Waals surface area contributed by atoms with Crippen molar-refractivity contribution in [2.24, 2.45) is 0 Å². The Bertz CT molecular complexity index is 1690. The van der Waals surface area contributed by atoms with Gasteiger partial charge < -0.3 is 20.3 Å². The van der Waals surface area contributed by atoms with Gasteiger partial charge in [-0.1, -0.05) is 12.8 Å². The minimum absolute atomic E-state index is 0.114. The summed E-state index contributed by atoms with van der Waals surface area (Å²) >= 11 is 5.38. The molecule has 0 radical (unpaired) electrons. The van der Waals surface area contributed by atoms with Crippen molar-refractivity contribution in [2.45, 2.75) is 57.4 Å². The van der Waals surface area contributed by atoms with Gasteiger partial charge in [-0.3, -0.25) is 19.4 Å². The number of benzene rings is 2. The normalized spacial score (nSPS) is 16.8. The number of piperazine rings is 1. The molecule has 0 bridgehead atoms. The molecule has 0 spiro atoms. The van der Waals surface area contributed by atoms with Crippen LogP contribution in [0, 0.1) is 17.1 Å². The zero-order valence-corrected chi connectivity index (χ0v) is 27.8. The number of esters is 1. The summed E-state index contributed by atoms with van der Waals surface area (Å²) < 4.78 is 101. The second kappa shape index (κ2) is 15.3. The van der Waals surface area contributed by atoms with E-state index in [4.69, 9.17) is 17.5 Å². The van der Waals surface area contributed by atoms with Gasteiger partial charge >= 0.3 is 18.3 Å². The van der Waals surface area contributed by atoms with Crippen molar-refractivity contribution in [2.75, 3.05) is 49.1 Å². The molecule has 2 saturated heterocycles. The van der Waals surface area contributed by atoms with Gasteiger partial charge in [0.2, 0.25) is 0 Å². The lowest BCUT2D eigenvalue weighted by Crippen LogP contribution is -2.45. The van der Waals surface area contributed by atoms with Crippen molar-refractivity contribution in [3.05, 3.63) is 52.8 Å². The fraction of sp³-hybridized carbons (Fsp3) is 0.469. The van der Waals surface area contributed by atoms with Crippen LogP contribution in [0.15, 0.2) is 30.3 Å². The molecule has 50 heavy (non-hydrogen) atoms. The first kappa shape index (κ1) is 38.5. The fourth-order valence-corrected chi connectivity index (χ4v) is 6.14. The molecule has 0 atom stereocenters. The molecule has 2 amide bonds. The molecule has 2 aromatic rings. The Hall–Kier alpha value is -4.34. The average molecular weight is 731 g/mol. The molecule has 10 nitrogen and oxygen atoms in total. The smallest absolute Gasteiger partial charge is 0.414 e. The van der Waals surface area contributed by atoms with Crippen molar-refractivity contribution in [1.29, 1.82) is 5.26 Å². The Balaban J connectivity index is 1.59. The Kier molecular flexibility index (Phi) is 11.7. The number of ether oxygens (including phenoxy) is 1. The molecule has 2 fully saturated rings. The monoisotopic (exact) mass is 730 g/mol. The highest BCUT2D eigenvalue weighted by molar-refractivity contribution is 7.81. The molecular formula is C32H33F7N6O4S. The minimum atomic E-state index is -5.60. The second-order valence-electron chi connectivity index (χ2n) is 12.1. The van der Waals surface area contributed by atoms with Gasteiger partial charge in [-0.15, -0.1) is 0 Å². The van der Waals surface area contributed by atoms with E-state index >= 15 is 4.39 Å². The van der Waals surface area contributed by atoms with E-state index in [1.807, 2.05) is 0 Å². The summed E-state index contributed by atoms with van der Waals surface area (Å²) in [4.78, 5) is 42.2. The second-order valence-corrected chi connectivity index (χ2v) is 12.4. The number of rotatable bonds is 11. The molecule has 270 valence electrons. The van der Waals surface area contributed by atoms with Crippen LogP contribution in [-0.2, 0) is 15.8 Å². The van der Waals surface area contributed by atoms with Crippen molar-refractivity contribution in [1.82, 2.24) is 15.5 Å². The highest BCUT2D eigenvalue weighted by Gasteiger charge is 2.52. The van der Waals surface area contributed by atoms with Crippen LogP contribution in [0.1, 0.15) is 61.0 Å². The number of carbonyl (C=O) groups excluding carboxylic acids is 3. The first-order valence-corrected chi connectivity index (χ1v) is 15.9. The van der Waals surface area contributed by atoms with Gasteiger partial charge in [0.05, 0.1) is 34.1 Å². The number of amides is 2. The predicted molar refractivity (Wildman–Crippen MR) is 171 cm³/mol. The first-order valence-electron chi connectivity index (χ1n) is 15.5. The third-order valence-electron chi connectivity index (χ3n) is 8.24. The summed E-state index contributed by atoms with van der Waals surface area (Å²) in [7, 11) is 0. The van der Waals surface area contributed by atoms with E-state index in [9.17, 15) is 40.7 Å². The molecule has 0 aromatic heterocycles. The van der Waals surface area contributed by atoms with Crippen LogP contribution in [0.3, 0.4) is 0 Å². The lowest BCUT2D eigenvalue weighted by molar-refractivity contribution is -0.189. The number of nitrogens with zero attached hydrogens (tertiary/aromatic N) is 4. The number of hydrogen-bond donors (Lipinski definition) is 2. The largest absolute Gasteiger partial charge is 0.491 e. The number of hydrogen-bond acceptors (Lipinski definition) is 8. The Morgan fingerprint density at radius 2 is 1.70 bits per heavy atom. The van der Waals surface area contributed by atoms with Crippen molar-refractivity contribution in [3.63, 3.8) is 0 Å². The predicted octanol–water partition coefficient (Wildman–Crippen LogP) is 5.30. The molecule has 0 aliphatic carbocycles. The Morgan fingerprint density at radius 3 is 2.32 bits per heavy atom. The zero-order chi connectivity index (χ0) is 37.0. The van der Waals surface area contributed by atoms with Crippen LogP contribution in [0.4, 0.5) is 42.1 Å². The average Bonchev–Trinajstić information content (AvgIpc) is 3.22. The topological polar surface area (TPSA) is 118 Å². The Labute approximate surface area is 288 Å². The van der Waals surface area contributed by atoms with Gasteiger partial charge in [-0.25, -0.2) is 9.18 Å². The molecule has 2 heterocycles. The number of thiocarbonyl (C=S) groups is 1. The molecule has 2 aliphatic heterocycles. The fourth-order valence-electron chi connectivity index (χ4n) is 5.62. The summed E-state index contributed by atoms with van der Waals surface area (Å²) in [6.45, 7) is 7.26. The lowest BCUT2D eigenvalue weighted by atomic mass is 10.0. The number of anilines is 2. The summed E-state index contributed by atoms with van der Waals surface area (Å²) in [5.74, 6) is -7.89. The quantitative estimate of drug-likeness (QED) is 0.105. The van der Waals surface area contributed by atoms with Gasteiger partial charge in [-0.2, -0.15) is 31.6 Å². The Morgan fingerprint density at radius 1 is 1.04 bits per heavy atom. The number of halogens is 7. The zero-order valence-electron chi connectivity index (χ0n) is 26.9. The molecule has 2 aliphatic rings. The van der Waals surface area contributed by atoms with E-state index < -0.39 is 80.4 Å². The minimum Gasteiger partial charge on any atom is -0.414 e. The van der Waals surface area contributed by atoms with Crippen molar-refractivity contribution in [3.8, 4) is 11.8 Å². The maximum absolute atomic E-state index is 16.0. The van der Waals surface area contributed by atoms with Gasteiger partial charge in [0.25, 0.3) is 11.8 Å². The van der Waals surface area contributed by atoms with E-state index in [-0.39, 0.29) is 6.54 Å². The van der Waals surface area contributed by atoms with Crippen LogP contribution in [0.25, 0.3) is 0 Å². The summed E-state index contributed by atoms with van der Waals surface area (Å²) in [6, 6.07) is 5.52. The molecule has 2 aromatic carbocycles.